The quantitative estimate of drug-likeness (QED) is 0.318. The number of esters is 3. The van der Waals surface area contributed by atoms with Crippen LogP contribution in [0.3, 0.4) is 0 Å². The molecular formula is C10H11ClO5. The van der Waals surface area contributed by atoms with Gasteiger partial charge in [0.15, 0.2) is 0 Å². The van der Waals surface area contributed by atoms with E-state index >= 15 is 0 Å². The molecule has 0 fully saturated rings. The molecule has 6 heteroatoms. The molecule has 0 radical (unpaired) electrons. The summed E-state index contributed by atoms with van der Waals surface area (Å²) in [6.07, 6.45) is 6.53. The van der Waals surface area contributed by atoms with Crippen molar-refractivity contribution in [2.75, 3.05) is 0 Å². The summed E-state index contributed by atoms with van der Waals surface area (Å²) < 4.78 is 8.36. The van der Waals surface area contributed by atoms with Crippen molar-refractivity contribution in [1.29, 1.82) is 0 Å². The van der Waals surface area contributed by atoms with Crippen LogP contribution < -0.4 is 0 Å². The first-order valence-corrected chi connectivity index (χ1v) is 3.95. The van der Waals surface area contributed by atoms with Gasteiger partial charge in [0.05, 0.1) is 6.26 Å². The summed E-state index contributed by atoms with van der Waals surface area (Å²) in [7, 11) is 0. The number of hydrogen-bond acceptors (Lipinski definition) is 5. The Morgan fingerprint density at radius 1 is 1.38 bits per heavy atom. The molecule has 0 spiro atoms. The van der Waals surface area contributed by atoms with Gasteiger partial charge in [0.1, 0.15) is 0 Å². The Morgan fingerprint density at radius 2 is 1.88 bits per heavy atom. The summed E-state index contributed by atoms with van der Waals surface area (Å²) in [6, 6.07) is 0. The second-order valence-electron chi connectivity index (χ2n) is 2.25. The second-order valence-corrected chi connectivity index (χ2v) is 2.25. The molecular weight excluding hydrogens is 236 g/mol. The van der Waals surface area contributed by atoms with Gasteiger partial charge in [-0.2, -0.15) is 0 Å². The van der Waals surface area contributed by atoms with Crippen LogP contribution in [0.25, 0.3) is 0 Å². The van der Waals surface area contributed by atoms with E-state index in [1.165, 1.54) is 19.3 Å². The number of allylic oxidation sites excluding steroid dienone is 2. The minimum absolute atomic E-state index is 0. The van der Waals surface area contributed by atoms with Gasteiger partial charge in [-0.15, -0.1) is 12.4 Å². The van der Waals surface area contributed by atoms with Gasteiger partial charge in [-0.1, -0.05) is 12.7 Å². The molecule has 1 rings (SSSR count). The van der Waals surface area contributed by atoms with E-state index < -0.39 is 11.9 Å². The third-order valence-corrected chi connectivity index (χ3v) is 1.01. The van der Waals surface area contributed by atoms with Crippen molar-refractivity contribution in [3.8, 4) is 0 Å². The molecule has 0 N–H and O–H groups in total. The Labute approximate surface area is 98.8 Å². The van der Waals surface area contributed by atoms with Crippen molar-refractivity contribution in [1.82, 2.24) is 0 Å². The van der Waals surface area contributed by atoms with Crippen molar-refractivity contribution >= 4 is 30.3 Å². The predicted molar refractivity (Wildman–Crippen MR) is 58.6 cm³/mol. The number of hydrogen-bond donors (Lipinski definition) is 0. The normalized spacial score (nSPS) is 12.3. The van der Waals surface area contributed by atoms with Crippen LogP contribution in [0.4, 0.5) is 0 Å². The maximum Gasteiger partial charge on any atom is 0.338 e. The molecule has 1 aliphatic rings. The van der Waals surface area contributed by atoms with Crippen LogP contribution in [-0.4, -0.2) is 17.9 Å². The topological polar surface area (TPSA) is 69.7 Å². The molecule has 0 unspecified atom stereocenters. The van der Waals surface area contributed by atoms with E-state index in [0.717, 1.165) is 12.2 Å². The summed E-state index contributed by atoms with van der Waals surface area (Å²) in [6.45, 7) is 4.72. The summed E-state index contributed by atoms with van der Waals surface area (Å²) in [4.78, 5) is 29.9. The summed E-state index contributed by atoms with van der Waals surface area (Å²) in [5, 5.41) is 0. The fourth-order valence-corrected chi connectivity index (χ4v) is 0.494. The van der Waals surface area contributed by atoms with Crippen LogP contribution in [0.2, 0.25) is 0 Å². The van der Waals surface area contributed by atoms with Crippen LogP contribution in [0, 0.1) is 0 Å². The molecule has 0 saturated carbocycles. The molecule has 88 valence electrons. The van der Waals surface area contributed by atoms with Gasteiger partial charge < -0.3 is 9.47 Å². The van der Waals surface area contributed by atoms with E-state index in [0.29, 0.717) is 0 Å². The Kier molecular flexibility index (Phi) is 10.00. The van der Waals surface area contributed by atoms with Gasteiger partial charge in [0, 0.05) is 19.1 Å². The zero-order chi connectivity index (χ0) is 11.7. The zero-order valence-electron chi connectivity index (χ0n) is 8.54. The highest BCUT2D eigenvalue weighted by Gasteiger charge is 2.10. The van der Waals surface area contributed by atoms with Crippen molar-refractivity contribution < 1.29 is 23.9 Å². The molecule has 0 aromatic heterocycles. The lowest BCUT2D eigenvalue weighted by molar-refractivity contribution is -0.150. The van der Waals surface area contributed by atoms with Crippen LogP contribution in [0.1, 0.15) is 6.92 Å². The number of rotatable bonds is 2. The maximum absolute atomic E-state index is 10.0. The van der Waals surface area contributed by atoms with Crippen molar-refractivity contribution in [2.24, 2.45) is 0 Å². The van der Waals surface area contributed by atoms with E-state index in [1.807, 2.05) is 0 Å². The fraction of sp³-hybridized carbons (Fsp3) is 0.100. The Bertz CT molecular complexity index is 314. The maximum atomic E-state index is 10.0. The predicted octanol–water partition coefficient (Wildman–Crippen LogP) is 1.30. The van der Waals surface area contributed by atoms with E-state index in [-0.39, 0.29) is 18.4 Å². The number of ether oxygens (including phenoxy) is 2. The molecule has 1 aliphatic heterocycles. The molecule has 0 aromatic rings. The number of cyclic esters (lactones) is 2. The highest BCUT2D eigenvalue weighted by atomic mass is 35.5. The monoisotopic (exact) mass is 246 g/mol. The Hall–Kier alpha value is -1.88. The van der Waals surface area contributed by atoms with E-state index in [4.69, 9.17) is 0 Å². The first-order valence-electron chi connectivity index (χ1n) is 3.95. The van der Waals surface area contributed by atoms with Crippen LogP contribution in [-0.2, 0) is 23.9 Å². The van der Waals surface area contributed by atoms with E-state index in [9.17, 15) is 14.4 Å². The van der Waals surface area contributed by atoms with Crippen molar-refractivity contribution in [2.45, 2.75) is 6.92 Å². The van der Waals surface area contributed by atoms with Crippen LogP contribution in [0.5, 0.6) is 0 Å². The molecule has 5 nitrogen and oxygen atoms in total. The largest absolute Gasteiger partial charge is 0.435 e. The minimum Gasteiger partial charge on any atom is -0.435 e. The van der Waals surface area contributed by atoms with Gasteiger partial charge >= 0.3 is 17.9 Å². The molecule has 0 bridgehead atoms. The SMILES string of the molecule is C=CC=COC(C)=O.Cl.O=C1C=CC(=O)O1. The molecule has 1 heterocycles. The third kappa shape index (κ3) is 10.2. The Balaban J connectivity index is 0. The molecule has 0 aliphatic carbocycles. The third-order valence-electron chi connectivity index (χ3n) is 1.01. The molecule has 0 atom stereocenters. The van der Waals surface area contributed by atoms with Crippen molar-refractivity contribution in [3.63, 3.8) is 0 Å². The fourth-order valence-electron chi connectivity index (χ4n) is 0.494. The average molecular weight is 247 g/mol. The highest BCUT2D eigenvalue weighted by Crippen LogP contribution is 1.92. The van der Waals surface area contributed by atoms with Gasteiger partial charge in [0.25, 0.3) is 0 Å². The highest BCUT2D eigenvalue weighted by molar-refractivity contribution is 6.04. The lowest BCUT2D eigenvalue weighted by Crippen LogP contribution is -1.96. The summed E-state index contributed by atoms with van der Waals surface area (Å²) >= 11 is 0. The standard InChI is InChI=1S/C6H8O2.C4H2O3.ClH/c1-3-4-5-8-6(2)7;5-3-1-2-4(6)7-3;/h3-5H,1H2,2H3;1-2H;1H. The minimum atomic E-state index is -0.579. The first kappa shape index (κ1) is 16.5. The number of carbonyl (C=O) groups is 3. The van der Waals surface area contributed by atoms with Crippen LogP contribution in [0.15, 0.2) is 37.1 Å². The summed E-state index contributed by atoms with van der Waals surface area (Å²) in [5.74, 6) is -1.47. The Morgan fingerprint density at radius 3 is 2.12 bits per heavy atom. The zero-order valence-corrected chi connectivity index (χ0v) is 9.36. The number of halogens is 1. The van der Waals surface area contributed by atoms with Crippen molar-refractivity contribution in [3.05, 3.63) is 37.1 Å². The lowest BCUT2D eigenvalue weighted by atomic mass is 10.6. The van der Waals surface area contributed by atoms with Crippen LogP contribution >= 0.6 is 12.4 Å². The lowest BCUT2D eigenvalue weighted by Gasteiger charge is -1.85. The first-order chi connectivity index (χ1) is 7.06. The molecule has 0 aromatic carbocycles. The number of carbonyl (C=O) groups excluding carboxylic acids is 3. The molecule has 0 saturated heterocycles. The smallest absolute Gasteiger partial charge is 0.338 e. The van der Waals surface area contributed by atoms with Gasteiger partial charge in [-0.05, 0) is 6.08 Å². The summed E-state index contributed by atoms with van der Waals surface area (Å²) in [5.41, 5.74) is 0. The average Bonchev–Trinajstić information content (AvgIpc) is 2.51. The van der Waals surface area contributed by atoms with E-state index in [2.05, 4.69) is 16.1 Å². The second kappa shape index (κ2) is 9.67. The van der Waals surface area contributed by atoms with Gasteiger partial charge in [-0.3, -0.25) is 4.79 Å². The molecule has 0 amide bonds. The van der Waals surface area contributed by atoms with E-state index in [1.54, 1.807) is 6.08 Å². The molecule has 16 heavy (non-hydrogen) atoms. The van der Waals surface area contributed by atoms with Gasteiger partial charge in [-0.25, -0.2) is 9.59 Å². The van der Waals surface area contributed by atoms with Gasteiger partial charge in [0.2, 0.25) is 0 Å².